The van der Waals surface area contributed by atoms with Crippen LogP contribution in [-0.2, 0) is 13.1 Å². The molecule has 0 atom stereocenters. The zero-order valence-electron chi connectivity index (χ0n) is 11.8. The van der Waals surface area contributed by atoms with Gasteiger partial charge in [0.05, 0.1) is 5.69 Å². The van der Waals surface area contributed by atoms with E-state index >= 15 is 0 Å². The molecule has 0 amide bonds. The quantitative estimate of drug-likeness (QED) is 0.814. The highest BCUT2D eigenvalue weighted by molar-refractivity contribution is 9.10. The molecule has 2 rings (SSSR count). The predicted octanol–water partition coefficient (Wildman–Crippen LogP) is 3.64. The molecule has 0 aliphatic carbocycles. The lowest BCUT2D eigenvalue weighted by molar-refractivity contribution is 0.610. The van der Waals surface area contributed by atoms with Crippen molar-refractivity contribution < 1.29 is 4.39 Å². The maximum absolute atomic E-state index is 13.4. The van der Waals surface area contributed by atoms with Gasteiger partial charge >= 0.3 is 0 Å². The Bertz CT molecular complexity index is 560. The van der Waals surface area contributed by atoms with Crippen LogP contribution < -0.4 is 5.32 Å². The van der Waals surface area contributed by atoms with Gasteiger partial charge in [0.2, 0.25) is 0 Å². The molecule has 5 heteroatoms. The van der Waals surface area contributed by atoms with Gasteiger partial charge in [-0.2, -0.15) is 0 Å². The summed E-state index contributed by atoms with van der Waals surface area (Å²) in [6.45, 7) is 6.50. The Hall–Kier alpha value is -1.20. The van der Waals surface area contributed by atoms with Crippen LogP contribution in [0.2, 0.25) is 0 Å². The summed E-state index contributed by atoms with van der Waals surface area (Å²) in [5, 5.41) is 3.37. The van der Waals surface area contributed by atoms with E-state index in [1.807, 2.05) is 19.2 Å². The lowest BCUT2D eigenvalue weighted by Crippen LogP contribution is -2.17. The van der Waals surface area contributed by atoms with Gasteiger partial charge in [-0.15, -0.1) is 0 Å². The minimum absolute atomic E-state index is 0.224. The molecular weight excluding hydrogens is 321 g/mol. The first kappa shape index (κ1) is 15.2. The van der Waals surface area contributed by atoms with Crippen molar-refractivity contribution in [1.29, 1.82) is 0 Å². The highest BCUT2D eigenvalue weighted by Gasteiger charge is 2.08. The summed E-state index contributed by atoms with van der Waals surface area (Å²) < 4.78 is 16.3. The number of nitrogens with one attached hydrogen (secondary N) is 1. The van der Waals surface area contributed by atoms with Gasteiger partial charge < -0.3 is 9.88 Å². The van der Waals surface area contributed by atoms with E-state index in [1.54, 1.807) is 6.07 Å². The number of imidazole rings is 1. The van der Waals surface area contributed by atoms with Crippen LogP contribution in [0.4, 0.5) is 4.39 Å². The maximum Gasteiger partial charge on any atom is 0.124 e. The molecule has 0 radical (unpaired) electrons. The molecule has 0 aliphatic rings. The van der Waals surface area contributed by atoms with Crippen molar-refractivity contribution in [2.24, 2.45) is 0 Å². The van der Waals surface area contributed by atoms with E-state index in [-0.39, 0.29) is 5.82 Å². The lowest BCUT2D eigenvalue weighted by atomic mass is 10.2. The molecule has 1 aromatic carbocycles. The topological polar surface area (TPSA) is 29.9 Å². The number of nitrogens with zero attached hydrogens (tertiary/aromatic N) is 2. The van der Waals surface area contributed by atoms with Gasteiger partial charge in [-0.1, -0.05) is 22.9 Å². The van der Waals surface area contributed by atoms with E-state index in [9.17, 15) is 4.39 Å². The first-order valence-corrected chi connectivity index (χ1v) is 7.56. The van der Waals surface area contributed by atoms with Gasteiger partial charge in [0.25, 0.3) is 0 Å². The first-order valence-electron chi connectivity index (χ1n) is 6.77. The standard InChI is InChI=1S/C15H19BrFN3/c1-3-4-18-8-15-9-19-11(2)20(15)10-12-5-13(16)7-14(17)6-12/h5-7,9,18H,3-4,8,10H2,1-2H3. The third-order valence-electron chi connectivity index (χ3n) is 3.13. The molecule has 0 spiro atoms. The number of benzene rings is 1. The van der Waals surface area contributed by atoms with Crippen molar-refractivity contribution >= 4 is 15.9 Å². The van der Waals surface area contributed by atoms with Gasteiger partial charge in [0, 0.05) is 23.8 Å². The number of hydrogen-bond acceptors (Lipinski definition) is 2. The van der Waals surface area contributed by atoms with Crippen molar-refractivity contribution in [1.82, 2.24) is 14.9 Å². The minimum atomic E-state index is -0.224. The number of hydrogen-bond donors (Lipinski definition) is 1. The number of rotatable bonds is 6. The molecule has 0 fully saturated rings. The van der Waals surface area contributed by atoms with Crippen LogP contribution in [0.25, 0.3) is 0 Å². The molecule has 0 aliphatic heterocycles. The molecule has 2 aromatic rings. The monoisotopic (exact) mass is 339 g/mol. The fraction of sp³-hybridized carbons (Fsp3) is 0.400. The Balaban J connectivity index is 2.17. The Morgan fingerprint density at radius 3 is 2.85 bits per heavy atom. The second-order valence-corrected chi connectivity index (χ2v) is 5.75. The van der Waals surface area contributed by atoms with Crippen LogP contribution in [0.15, 0.2) is 28.9 Å². The first-order chi connectivity index (χ1) is 9.60. The predicted molar refractivity (Wildman–Crippen MR) is 82.2 cm³/mol. The SMILES string of the molecule is CCCNCc1cnc(C)n1Cc1cc(F)cc(Br)c1. The molecule has 0 bridgehead atoms. The molecule has 0 saturated heterocycles. The Morgan fingerprint density at radius 1 is 1.35 bits per heavy atom. The second kappa shape index (κ2) is 6.99. The Labute approximate surface area is 127 Å². The molecule has 1 aromatic heterocycles. The maximum atomic E-state index is 13.4. The van der Waals surface area contributed by atoms with Crippen molar-refractivity contribution in [2.75, 3.05) is 6.54 Å². The van der Waals surface area contributed by atoms with E-state index in [1.165, 1.54) is 6.07 Å². The number of aromatic nitrogens is 2. The highest BCUT2D eigenvalue weighted by atomic mass is 79.9. The molecule has 108 valence electrons. The molecule has 1 heterocycles. The van der Waals surface area contributed by atoms with Crippen LogP contribution in [0.1, 0.15) is 30.4 Å². The summed E-state index contributed by atoms with van der Waals surface area (Å²) in [5.74, 6) is 0.719. The summed E-state index contributed by atoms with van der Waals surface area (Å²) in [5.41, 5.74) is 2.05. The van der Waals surface area contributed by atoms with Crippen LogP contribution in [-0.4, -0.2) is 16.1 Å². The van der Waals surface area contributed by atoms with E-state index in [0.717, 1.165) is 41.1 Å². The van der Waals surface area contributed by atoms with Crippen molar-refractivity contribution in [2.45, 2.75) is 33.4 Å². The van der Waals surface area contributed by atoms with Gasteiger partial charge in [0.1, 0.15) is 11.6 Å². The van der Waals surface area contributed by atoms with Gasteiger partial charge in [-0.05, 0) is 43.7 Å². The van der Waals surface area contributed by atoms with E-state index in [0.29, 0.717) is 6.54 Å². The fourth-order valence-electron chi connectivity index (χ4n) is 2.15. The van der Waals surface area contributed by atoms with Crippen molar-refractivity contribution in [3.05, 3.63) is 51.8 Å². The molecular formula is C15H19BrFN3. The van der Waals surface area contributed by atoms with Crippen molar-refractivity contribution in [3.63, 3.8) is 0 Å². The average molecular weight is 340 g/mol. The Morgan fingerprint density at radius 2 is 2.15 bits per heavy atom. The van der Waals surface area contributed by atoms with Gasteiger partial charge in [-0.3, -0.25) is 0 Å². The molecule has 1 N–H and O–H groups in total. The van der Waals surface area contributed by atoms with E-state index in [4.69, 9.17) is 0 Å². The third kappa shape index (κ3) is 3.90. The third-order valence-corrected chi connectivity index (χ3v) is 3.59. The van der Waals surface area contributed by atoms with Gasteiger partial charge in [0.15, 0.2) is 0 Å². The van der Waals surface area contributed by atoms with Crippen molar-refractivity contribution in [3.8, 4) is 0 Å². The molecule has 3 nitrogen and oxygen atoms in total. The van der Waals surface area contributed by atoms with Crippen LogP contribution in [0.3, 0.4) is 0 Å². The summed E-state index contributed by atoms with van der Waals surface area (Å²) in [6.07, 6.45) is 2.98. The smallest absolute Gasteiger partial charge is 0.124 e. The summed E-state index contributed by atoms with van der Waals surface area (Å²) in [7, 11) is 0. The fourth-order valence-corrected chi connectivity index (χ4v) is 2.66. The molecule has 20 heavy (non-hydrogen) atoms. The van der Waals surface area contributed by atoms with Crippen LogP contribution >= 0.6 is 15.9 Å². The highest BCUT2D eigenvalue weighted by Crippen LogP contribution is 2.17. The van der Waals surface area contributed by atoms with Gasteiger partial charge in [-0.25, -0.2) is 9.37 Å². The lowest BCUT2D eigenvalue weighted by Gasteiger charge is -2.11. The van der Waals surface area contributed by atoms with E-state index in [2.05, 4.69) is 37.7 Å². The summed E-state index contributed by atoms with van der Waals surface area (Å²) >= 11 is 3.33. The summed E-state index contributed by atoms with van der Waals surface area (Å²) in [6, 6.07) is 4.97. The second-order valence-electron chi connectivity index (χ2n) is 4.84. The van der Waals surface area contributed by atoms with Crippen LogP contribution in [0, 0.1) is 12.7 Å². The largest absolute Gasteiger partial charge is 0.327 e. The summed E-state index contributed by atoms with van der Waals surface area (Å²) in [4.78, 5) is 4.35. The Kier molecular flexibility index (Phi) is 5.31. The average Bonchev–Trinajstić information content (AvgIpc) is 2.71. The zero-order valence-corrected chi connectivity index (χ0v) is 13.4. The number of halogens is 2. The zero-order chi connectivity index (χ0) is 14.5. The molecule has 0 saturated carbocycles. The minimum Gasteiger partial charge on any atom is -0.327 e. The van der Waals surface area contributed by atoms with E-state index < -0.39 is 0 Å². The number of aryl methyl sites for hydroxylation is 1. The normalized spacial score (nSPS) is 11.0. The van der Waals surface area contributed by atoms with Crippen LogP contribution in [0.5, 0.6) is 0 Å². The molecule has 0 unspecified atom stereocenters.